The number of halogens is 2. The zero-order valence-corrected chi connectivity index (χ0v) is 14.6. The molecule has 0 bridgehead atoms. The van der Waals surface area contributed by atoms with Crippen LogP contribution in [-0.2, 0) is 19.1 Å². The molecule has 8 nitrogen and oxygen atoms in total. The fourth-order valence-corrected chi connectivity index (χ4v) is 1.76. The molecule has 0 radical (unpaired) electrons. The topological polar surface area (TPSA) is 122 Å². The number of amides is 2. The first-order valence-corrected chi connectivity index (χ1v) is 7.57. The predicted octanol–water partition coefficient (Wildman–Crippen LogP) is 0.983. The summed E-state index contributed by atoms with van der Waals surface area (Å²) in [6.07, 6.45) is -1.82. The summed E-state index contributed by atoms with van der Waals surface area (Å²) >= 11 is 0. The Morgan fingerprint density at radius 2 is 1.68 bits per heavy atom. The third-order valence-corrected chi connectivity index (χ3v) is 2.98. The lowest BCUT2D eigenvalue weighted by Gasteiger charge is -2.26. The quantitative estimate of drug-likeness (QED) is 0.559. The van der Waals surface area contributed by atoms with Crippen LogP contribution >= 0.6 is 0 Å². The lowest BCUT2D eigenvalue weighted by Crippen LogP contribution is -2.55. The number of ketones is 1. The normalized spacial score (nSPS) is 14.8. The van der Waals surface area contributed by atoms with Crippen LogP contribution in [0, 0.1) is 5.92 Å². The van der Waals surface area contributed by atoms with Gasteiger partial charge in [-0.15, -0.1) is 0 Å². The number of carbonyl (C=O) groups excluding carboxylic acids is 3. The van der Waals surface area contributed by atoms with Crippen LogP contribution in [0.3, 0.4) is 0 Å². The van der Waals surface area contributed by atoms with E-state index in [1.54, 1.807) is 20.8 Å². The number of carboxylic acids is 1. The third-order valence-electron chi connectivity index (χ3n) is 2.98. The second-order valence-corrected chi connectivity index (χ2v) is 6.51. The molecule has 0 aliphatic heterocycles. The molecule has 3 atom stereocenters. The van der Waals surface area contributed by atoms with E-state index in [1.165, 1.54) is 6.92 Å². The van der Waals surface area contributed by atoms with Gasteiger partial charge in [-0.05, 0) is 20.8 Å². The van der Waals surface area contributed by atoms with Crippen molar-refractivity contribution in [3.05, 3.63) is 0 Å². The summed E-state index contributed by atoms with van der Waals surface area (Å²) in [7, 11) is 0. The molecule has 0 heterocycles. The summed E-state index contributed by atoms with van der Waals surface area (Å²) in [6.45, 7) is 3.63. The highest BCUT2D eigenvalue weighted by atomic mass is 19.1. The van der Waals surface area contributed by atoms with Crippen LogP contribution in [0.15, 0.2) is 0 Å². The Bertz CT molecular complexity index is 507. The van der Waals surface area contributed by atoms with Gasteiger partial charge in [0.25, 0.3) is 0 Å². The third kappa shape index (κ3) is 8.96. The van der Waals surface area contributed by atoms with E-state index in [0.717, 1.165) is 0 Å². The molecule has 0 saturated heterocycles. The summed E-state index contributed by atoms with van der Waals surface area (Å²) < 4.78 is 30.5. The Hall–Kier alpha value is -2.26. The Kier molecular flexibility index (Phi) is 9.00. The monoisotopic (exact) mass is 366 g/mol. The van der Waals surface area contributed by atoms with Gasteiger partial charge in [-0.3, -0.25) is 18.8 Å². The number of carbonyl (C=O) groups is 4. The van der Waals surface area contributed by atoms with Crippen LogP contribution in [0.4, 0.5) is 13.6 Å². The summed E-state index contributed by atoms with van der Waals surface area (Å²) in [4.78, 5) is 46.2. The van der Waals surface area contributed by atoms with Crippen molar-refractivity contribution in [2.24, 2.45) is 5.92 Å². The fourth-order valence-electron chi connectivity index (χ4n) is 1.76. The van der Waals surface area contributed by atoms with Crippen LogP contribution in [0.5, 0.6) is 0 Å². The van der Waals surface area contributed by atoms with Gasteiger partial charge in [-0.25, -0.2) is 9.18 Å². The highest BCUT2D eigenvalue weighted by Gasteiger charge is 2.32. The van der Waals surface area contributed by atoms with E-state index < -0.39 is 67.1 Å². The molecule has 0 rings (SSSR count). The number of nitrogens with one attached hydrogen (secondary N) is 2. The van der Waals surface area contributed by atoms with E-state index in [9.17, 15) is 28.0 Å². The molecule has 0 aromatic carbocycles. The van der Waals surface area contributed by atoms with E-state index in [0.29, 0.717) is 0 Å². The predicted molar refractivity (Wildman–Crippen MR) is 83.5 cm³/mol. The molecule has 144 valence electrons. The molecule has 0 aliphatic carbocycles. The minimum atomic E-state index is -1.62. The molecule has 25 heavy (non-hydrogen) atoms. The Balaban J connectivity index is 5.18. The Morgan fingerprint density at radius 3 is 2.08 bits per heavy atom. The number of ether oxygens (including phenoxy) is 1. The van der Waals surface area contributed by atoms with Gasteiger partial charge in [0.05, 0.1) is 13.1 Å². The van der Waals surface area contributed by atoms with Crippen molar-refractivity contribution in [2.75, 3.05) is 13.3 Å². The van der Waals surface area contributed by atoms with Crippen molar-refractivity contribution < 1.29 is 37.8 Å². The van der Waals surface area contributed by atoms with Crippen molar-refractivity contribution in [1.29, 1.82) is 0 Å². The molecule has 10 heteroatoms. The van der Waals surface area contributed by atoms with E-state index in [-0.39, 0.29) is 0 Å². The SMILES string of the molecule is CC(CF)C(NC(=O)OC(C)(C)C)C(=O)NC(CC(=O)O)C(=O)CF. The number of hydrogen-bond acceptors (Lipinski definition) is 5. The highest BCUT2D eigenvalue weighted by molar-refractivity contribution is 5.94. The molecule has 0 saturated carbocycles. The fraction of sp³-hybridized carbons (Fsp3) is 0.733. The number of aliphatic carboxylic acids is 1. The number of alkyl halides is 2. The molecular weight excluding hydrogens is 342 g/mol. The number of alkyl carbamates (subject to hydrolysis) is 1. The summed E-state index contributed by atoms with van der Waals surface area (Å²) in [5, 5.41) is 12.9. The van der Waals surface area contributed by atoms with Gasteiger partial charge in [0.1, 0.15) is 24.4 Å². The Labute approximate surface area is 144 Å². The van der Waals surface area contributed by atoms with E-state index in [1.807, 2.05) is 5.32 Å². The van der Waals surface area contributed by atoms with Crippen molar-refractivity contribution in [3.63, 3.8) is 0 Å². The smallest absolute Gasteiger partial charge is 0.408 e. The van der Waals surface area contributed by atoms with Crippen LogP contribution < -0.4 is 10.6 Å². The molecule has 0 aromatic rings. The highest BCUT2D eigenvalue weighted by Crippen LogP contribution is 2.10. The second kappa shape index (κ2) is 9.90. The van der Waals surface area contributed by atoms with Gasteiger partial charge < -0.3 is 20.5 Å². The van der Waals surface area contributed by atoms with Crippen LogP contribution in [0.2, 0.25) is 0 Å². The molecule has 0 spiro atoms. The largest absolute Gasteiger partial charge is 0.481 e. The van der Waals surface area contributed by atoms with Crippen molar-refractivity contribution in [3.8, 4) is 0 Å². The first kappa shape index (κ1) is 22.7. The van der Waals surface area contributed by atoms with Gasteiger partial charge in [0.15, 0.2) is 5.78 Å². The minimum absolute atomic E-state index is 0.836. The molecule has 0 aliphatic rings. The molecule has 0 aromatic heterocycles. The van der Waals surface area contributed by atoms with Crippen LogP contribution in [0.25, 0.3) is 0 Å². The van der Waals surface area contributed by atoms with Crippen LogP contribution in [-0.4, -0.2) is 59.9 Å². The maximum Gasteiger partial charge on any atom is 0.408 e. The van der Waals surface area contributed by atoms with Crippen molar-refractivity contribution >= 4 is 23.8 Å². The molecular formula is C15H24F2N2O6. The van der Waals surface area contributed by atoms with Crippen LogP contribution in [0.1, 0.15) is 34.1 Å². The van der Waals surface area contributed by atoms with Crippen molar-refractivity contribution in [2.45, 2.75) is 51.8 Å². The van der Waals surface area contributed by atoms with Gasteiger partial charge in [0, 0.05) is 5.92 Å². The lowest BCUT2D eigenvalue weighted by atomic mass is 10.0. The van der Waals surface area contributed by atoms with Crippen molar-refractivity contribution in [1.82, 2.24) is 10.6 Å². The number of rotatable bonds is 9. The van der Waals surface area contributed by atoms with E-state index in [2.05, 4.69) is 5.32 Å². The first-order chi connectivity index (χ1) is 11.4. The summed E-state index contributed by atoms with van der Waals surface area (Å²) in [5.41, 5.74) is -0.861. The lowest BCUT2D eigenvalue weighted by molar-refractivity contribution is -0.140. The standard InChI is InChI=1S/C15H24F2N2O6/c1-8(6-16)12(19-14(24)25-15(2,3)4)13(23)18-9(5-11(21)22)10(20)7-17/h8-9,12H,5-7H2,1-4H3,(H,18,23)(H,19,24)(H,21,22). The molecule has 3 N–H and O–H groups in total. The minimum Gasteiger partial charge on any atom is -0.481 e. The summed E-state index contributed by atoms with van der Waals surface area (Å²) in [6, 6.07) is -3.05. The van der Waals surface area contributed by atoms with E-state index >= 15 is 0 Å². The van der Waals surface area contributed by atoms with Gasteiger partial charge in [0.2, 0.25) is 5.91 Å². The zero-order chi connectivity index (χ0) is 19.8. The van der Waals surface area contributed by atoms with E-state index in [4.69, 9.17) is 9.84 Å². The zero-order valence-electron chi connectivity index (χ0n) is 14.6. The first-order valence-electron chi connectivity index (χ1n) is 7.57. The number of hydrogen-bond donors (Lipinski definition) is 3. The average Bonchev–Trinajstić information content (AvgIpc) is 2.48. The second-order valence-electron chi connectivity index (χ2n) is 6.51. The molecule has 3 unspecified atom stereocenters. The van der Waals surface area contributed by atoms with Gasteiger partial charge >= 0.3 is 12.1 Å². The van der Waals surface area contributed by atoms with Gasteiger partial charge in [-0.1, -0.05) is 6.92 Å². The summed E-state index contributed by atoms with van der Waals surface area (Å²) in [5.74, 6) is -4.57. The average molecular weight is 366 g/mol. The maximum atomic E-state index is 13.0. The number of Topliss-reactive ketones (excluding diaryl/α,β-unsaturated/α-hetero) is 1. The maximum absolute atomic E-state index is 13.0. The number of carboxylic acid groups (broad SMARTS) is 1. The molecule has 0 fully saturated rings. The van der Waals surface area contributed by atoms with Gasteiger partial charge in [-0.2, -0.15) is 0 Å². The Morgan fingerprint density at radius 1 is 1.12 bits per heavy atom. The molecule has 2 amide bonds.